The summed E-state index contributed by atoms with van der Waals surface area (Å²) < 4.78 is 1.83. The molecular formula is C14H18N4S. The third-order valence-corrected chi connectivity index (χ3v) is 3.26. The highest BCUT2D eigenvalue weighted by atomic mass is 32.1. The Morgan fingerprint density at radius 2 is 2.05 bits per heavy atom. The van der Waals surface area contributed by atoms with Crippen LogP contribution in [0.2, 0.25) is 0 Å². The number of thiocarbonyl (C=S) groups is 1. The average Bonchev–Trinajstić information content (AvgIpc) is 2.83. The predicted octanol–water partition coefficient (Wildman–Crippen LogP) is 2.15. The lowest BCUT2D eigenvalue weighted by Gasteiger charge is -2.17. The van der Waals surface area contributed by atoms with Crippen LogP contribution in [0.4, 0.5) is 0 Å². The second-order valence-corrected chi connectivity index (χ2v) is 4.81. The Kier molecular flexibility index (Phi) is 4.52. The van der Waals surface area contributed by atoms with Crippen LogP contribution in [0.3, 0.4) is 0 Å². The summed E-state index contributed by atoms with van der Waals surface area (Å²) >= 11 is 5.29. The molecule has 0 bridgehead atoms. The normalized spacial score (nSPS) is 11.9. The Bertz CT molecular complexity index is 535. The molecule has 2 aromatic rings. The van der Waals surface area contributed by atoms with Gasteiger partial charge in [0.2, 0.25) is 0 Å². The third kappa shape index (κ3) is 3.79. The van der Waals surface area contributed by atoms with Crippen LogP contribution in [-0.2, 0) is 13.6 Å². The average molecular weight is 274 g/mol. The molecule has 0 saturated heterocycles. The van der Waals surface area contributed by atoms with Crippen LogP contribution in [-0.4, -0.2) is 14.9 Å². The first-order chi connectivity index (χ1) is 9.16. The van der Waals surface area contributed by atoms with Gasteiger partial charge >= 0.3 is 0 Å². The van der Waals surface area contributed by atoms with Crippen LogP contribution in [0.25, 0.3) is 0 Å². The fourth-order valence-electron chi connectivity index (χ4n) is 1.82. The summed E-state index contributed by atoms with van der Waals surface area (Å²) in [6, 6.07) is 12.4. The van der Waals surface area contributed by atoms with Crippen LogP contribution in [0.5, 0.6) is 0 Å². The van der Waals surface area contributed by atoms with E-state index in [1.807, 2.05) is 36.0 Å². The van der Waals surface area contributed by atoms with E-state index in [1.165, 1.54) is 5.56 Å². The molecule has 0 fully saturated rings. The SMILES string of the molecule is C[C@H](NC(=S)NCc1ccnn1C)c1ccccc1. The summed E-state index contributed by atoms with van der Waals surface area (Å²) in [5, 5.41) is 11.2. The molecule has 4 nitrogen and oxygen atoms in total. The molecule has 0 aliphatic heterocycles. The van der Waals surface area contributed by atoms with Crippen LogP contribution in [0.15, 0.2) is 42.6 Å². The van der Waals surface area contributed by atoms with Gasteiger partial charge in [0, 0.05) is 13.2 Å². The van der Waals surface area contributed by atoms with Gasteiger partial charge in [-0.15, -0.1) is 0 Å². The van der Waals surface area contributed by atoms with E-state index < -0.39 is 0 Å². The van der Waals surface area contributed by atoms with Gasteiger partial charge in [0.05, 0.1) is 18.3 Å². The number of hydrogen-bond acceptors (Lipinski definition) is 2. The molecule has 1 atom stereocenters. The van der Waals surface area contributed by atoms with Crippen molar-refractivity contribution in [1.29, 1.82) is 0 Å². The largest absolute Gasteiger partial charge is 0.357 e. The monoisotopic (exact) mass is 274 g/mol. The van der Waals surface area contributed by atoms with Gasteiger partial charge in [0.15, 0.2) is 5.11 Å². The summed E-state index contributed by atoms with van der Waals surface area (Å²) in [5.74, 6) is 0. The van der Waals surface area contributed by atoms with Crippen LogP contribution in [0.1, 0.15) is 24.2 Å². The van der Waals surface area contributed by atoms with Crippen molar-refractivity contribution < 1.29 is 0 Å². The van der Waals surface area contributed by atoms with Crippen molar-refractivity contribution in [3.63, 3.8) is 0 Å². The number of nitrogens with zero attached hydrogens (tertiary/aromatic N) is 2. The minimum absolute atomic E-state index is 0.188. The molecular weight excluding hydrogens is 256 g/mol. The summed E-state index contributed by atoms with van der Waals surface area (Å²) in [5.41, 5.74) is 2.31. The molecule has 1 aromatic heterocycles. The number of rotatable bonds is 4. The summed E-state index contributed by atoms with van der Waals surface area (Å²) in [4.78, 5) is 0. The molecule has 2 N–H and O–H groups in total. The molecule has 1 heterocycles. The van der Waals surface area contributed by atoms with E-state index in [9.17, 15) is 0 Å². The molecule has 0 amide bonds. The lowest BCUT2D eigenvalue weighted by molar-refractivity contribution is 0.668. The highest BCUT2D eigenvalue weighted by Gasteiger charge is 2.06. The Morgan fingerprint density at radius 1 is 1.32 bits per heavy atom. The van der Waals surface area contributed by atoms with E-state index in [2.05, 4.69) is 34.8 Å². The molecule has 0 spiro atoms. The Hall–Kier alpha value is -1.88. The van der Waals surface area contributed by atoms with Gasteiger partial charge in [-0.25, -0.2) is 0 Å². The standard InChI is InChI=1S/C14H18N4S/c1-11(12-6-4-3-5-7-12)17-14(19)15-10-13-8-9-16-18(13)2/h3-9,11H,10H2,1-2H3,(H2,15,17,19)/t11-/m0/s1. The topological polar surface area (TPSA) is 41.9 Å². The summed E-state index contributed by atoms with van der Waals surface area (Å²) in [6.45, 7) is 2.76. The van der Waals surface area contributed by atoms with Crippen molar-refractivity contribution in [3.05, 3.63) is 53.9 Å². The molecule has 100 valence electrons. The quantitative estimate of drug-likeness (QED) is 0.838. The van der Waals surface area contributed by atoms with Crippen molar-refractivity contribution in [1.82, 2.24) is 20.4 Å². The van der Waals surface area contributed by atoms with E-state index in [-0.39, 0.29) is 6.04 Å². The smallest absolute Gasteiger partial charge is 0.167 e. The third-order valence-electron chi connectivity index (χ3n) is 3.00. The maximum absolute atomic E-state index is 5.29. The lowest BCUT2D eigenvalue weighted by Crippen LogP contribution is -2.36. The van der Waals surface area contributed by atoms with Crippen molar-refractivity contribution in [2.75, 3.05) is 0 Å². The molecule has 2 rings (SSSR count). The number of aromatic nitrogens is 2. The zero-order valence-electron chi connectivity index (χ0n) is 11.1. The van der Waals surface area contributed by atoms with E-state index in [1.54, 1.807) is 6.20 Å². The minimum Gasteiger partial charge on any atom is -0.357 e. The second-order valence-electron chi connectivity index (χ2n) is 4.41. The lowest BCUT2D eigenvalue weighted by atomic mass is 10.1. The van der Waals surface area contributed by atoms with Gasteiger partial charge in [-0.05, 0) is 30.8 Å². The molecule has 0 saturated carbocycles. The van der Waals surface area contributed by atoms with Crippen LogP contribution in [0, 0.1) is 0 Å². The van der Waals surface area contributed by atoms with E-state index in [0.29, 0.717) is 11.7 Å². The zero-order chi connectivity index (χ0) is 13.7. The maximum Gasteiger partial charge on any atom is 0.167 e. The summed E-state index contributed by atoms with van der Waals surface area (Å²) in [7, 11) is 1.92. The van der Waals surface area contributed by atoms with Crippen molar-refractivity contribution in [2.45, 2.75) is 19.5 Å². The Labute approximate surface area is 118 Å². The van der Waals surface area contributed by atoms with Gasteiger partial charge in [0.25, 0.3) is 0 Å². The highest BCUT2D eigenvalue weighted by Crippen LogP contribution is 2.10. The second kappa shape index (κ2) is 6.33. The predicted molar refractivity (Wildman–Crippen MR) is 80.6 cm³/mol. The molecule has 0 unspecified atom stereocenters. The first kappa shape index (κ1) is 13.5. The van der Waals surface area contributed by atoms with E-state index in [0.717, 1.165) is 5.69 Å². The fraction of sp³-hybridized carbons (Fsp3) is 0.286. The first-order valence-corrected chi connectivity index (χ1v) is 6.64. The Balaban J connectivity index is 1.83. The molecule has 0 radical (unpaired) electrons. The van der Waals surface area contributed by atoms with Crippen LogP contribution >= 0.6 is 12.2 Å². The molecule has 0 aliphatic rings. The van der Waals surface area contributed by atoms with E-state index >= 15 is 0 Å². The van der Waals surface area contributed by atoms with Gasteiger partial charge in [-0.3, -0.25) is 4.68 Å². The van der Waals surface area contributed by atoms with E-state index in [4.69, 9.17) is 12.2 Å². The fourth-order valence-corrected chi connectivity index (χ4v) is 2.07. The highest BCUT2D eigenvalue weighted by molar-refractivity contribution is 7.80. The Morgan fingerprint density at radius 3 is 2.68 bits per heavy atom. The maximum atomic E-state index is 5.29. The zero-order valence-corrected chi connectivity index (χ0v) is 11.9. The molecule has 19 heavy (non-hydrogen) atoms. The summed E-state index contributed by atoms with van der Waals surface area (Å²) in [6.07, 6.45) is 1.78. The van der Waals surface area contributed by atoms with Gasteiger partial charge < -0.3 is 10.6 Å². The van der Waals surface area contributed by atoms with Crippen molar-refractivity contribution in [2.24, 2.45) is 7.05 Å². The first-order valence-electron chi connectivity index (χ1n) is 6.23. The number of nitrogens with one attached hydrogen (secondary N) is 2. The van der Waals surface area contributed by atoms with Crippen LogP contribution < -0.4 is 10.6 Å². The number of benzene rings is 1. The van der Waals surface area contributed by atoms with Crippen molar-refractivity contribution >= 4 is 17.3 Å². The minimum atomic E-state index is 0.188. The van der Waals surface area contributed by atoms with Crippen molar-refractivity contribution in [3.8, 4) is 0 Å². The number of hydrogen-bond donors (Lipinski definition) is 2. The molecule has 5 heteroatoms. The molecule has 0 aliphatic carbocycles. The number of aryl methyl sites for hydroxylation is 1. The van der Waals surface area contributed by atoms with Gasteiger partial charge in [-0.1, -0.05) is 30.3 Å². The van der Waals surface area contributed by atoms with Gasteiger partial charge in [-0.2, -0.15) is 5.10 Å². The molecule has 1 aromatic carbocycles. The van der Waals surface area contributed by atoms with Gasteiger partial charge in [0.1, 0.15) is 0 Å².